The van der Waals surface area contributed by atoms with E-state index in [1.165, 1.54) is 0 Å². The summed E-state index contributed by atoms with van der Waals surface area (Å²) < 4.78 is 0. The number of rotatable bonds is 4. The molecule has 0 fully saturated rings. The van der Waals surface area contributed by atoms with Gasteiger partial charge in [-0.1, -0.05) is 0 Å². The third kappa shape index (κ3) is 8.49. The molecule has 0 amide bonds. The van der Waals surface area contributed by atoms with E-state index in [-0.39, 0.29) is 39.1 Å². The van der Waals surface area contributed by atoms with Crippen molar-refractivity contribution in [2.75, 3.05) is 0 Å². The summed E-state index contributed by atoms with van der Waals surface area (Å²) in [5, 5.41) is 26.4. The van der Waals surface area contributed by atoms with Crippen molar-refractivity contribution >= 4 is 5.97 Å². The number of carbonyl (C=O) groups excluding carboxylic acids is 1. The van der Waals surface area contributed by atoms with Crippen molar-refractivity contribution in [1.82, 2.24) is 0 Å². The second-order valence-corrected chi connectivity index (χ2v) is 1.65. The van der Waals surface area contributed by atoms with Crippen LogP contribution in [0.5, 0.6) is 0 Å². The van der Waals surface area contributed by atoms with Gasteiger partial charge in [-0.2, -0.15) is 0 Å². The summed E-state index contributed by atoms with van der Waals surface area (Å²) in [6.07, 6.45) is -1.50. The van der Waals surface area contributed by atoms with Crippen molar-refractivity contribution in [2.45, 2.75) is 18.9 Å². The van der Waals surface area contributed by atoms with Gasteiger partial charge < -0.3 is 20.1 Å². The van der Waals surface area contributed by atoms with E-state index in [2.05, 4.69) is 0 Å². The van der Waals surface area contributed by atoms with Crippen molar-refractivity contribution in [3.63, 3.8) is 0 Å². The van der Waals surface area contributed by atoms with Crippen LogP contribution in [0.3, 0.4) is 0 Å². The number of carbonyl (C=O) groups is 1. The van der Waals surface area contributed by atoms with Crippen LogP contribution in [0.4, 0.5) is 0 Å². The molecule has 0 aliphatic heterocycles. The minimum atomic E-state index is -1.32. The van der Waals surface area contributed by atoms with Gasteiger partial charge in [0.15, 0.2) is 0 Å². The van der Waals surface area contributed by atoms with Gasteiger partial charge >= 0.3 is 32.7 Å². The van der Waals surface area contributed by atoms with Crippen LogP contribution in [-0.2, 0) is 37.5 Å². The molecule has 4 nitrogen and oxygen atoms in total. The molecular weight excluding hydrogens is 213 g/mol. The van der Waals surface area contributed by atoms with Crippen LogP contribution < -0.4 is 5.11 Å². The van der Waals surface area contributed by atoms with E-state index in [4.69, 9.17) is 10.2 Å². The number of carboxylic acids is 1. The molecule has 1 atom stereocenters. The smallest absolute Gasteiger partial charge is 0.566 e. The average Bonchev–Trinajstić information content (AvgIpc) is 1.63. The Morgan fingerprint density at radius 1 is 1.70 bits per heavy atom. The van der Waals surface area contributed by atoms with Crippen molar-refractivity contribution in [2.24, 2.45) is 0 Å². The maximum atomic E-state index is 9.72. The molecule has 0 saturated carbocycles. The maximum absolute atomic E-state index is 9.72. The Labute approximate surface area is 84.1 Å². The quantitative estimate of drug-likeness (QED) is 0.561. The normalized spacial score (nSPS) is 11.8. The van der Waals surface area contributed by atoms with Gasteiger partial charge in [0, 0.05) is 18.5 Å². The minimum absolute atomic E-state index is 0. The second kappa shape index (κ2) is 7.60. The zero-order valence-electron chi connectivity index (χ0n) is 5.36. The van der Waals surface area contributed by atoms with Crippen LogP contribution >= 0.6 is 0 Å². The van der Waals surface area contributed by atoms with E-state index >= 15 is 0 Å². The molecule has 0 heterocycles. The van der Waals surface area contributed by atoms with Crippen molar-refractivity contribution in [1.29, 1.82) is 0 Å². The predicted molar refractivity (Wildman–Crippen MR) is 26.5 cm³/mol. The second-order valence-electron chi connectivity index (χ2n) is 1.65. The molecule has 5 heteroatoms. The van der Waals surface area contributed by atoms with Gasteiger partial charge in [0.25, 0.3) is 0 Å². The van der Waals surface area contributed by atoms with Crippen molar-refractivity contribution < 1.29 is 52.8 Å². The van der Waals surface area contributed by atoms with Crippen LogP contribution in [0.2, 0.25) is 0 Å². The number of carboxylic acid groups (broad SMARTS) is 1. The third-order valence-corrected chi connectivity index (χ3v) is 0.780. The standard InChI is InChI=1S/C5H9O4.Y/c6-2-1-4(7)3-5(8)9;/h2,4,6-7H,1,3H2,(H,8,9);/q-1;+3/p-1. The third-order valence-electron chi connectivity index (χ3n) is 0.780. The first-order valence-electron chi connectivity index (χ1n) is 2.50. The molecule has 54 valence electrons. The zero-order valence-corrected chi connectivity index (χ0v) is 8.20. The van der Waals surface area contributed by atoms with Crippen LogP contribution in [0.25, 0.3) is 0 Å². The molecule has 0 rings (SSSR count). The van der Waals surface area contributed by atoms with Crippen molar-refractivity contribution in [3.05, 3.63) is 6.61 Å². The van der Waals surface area contributed by atoms with Gasteiger partial charge in [0.2, 0.25) is 0 Å². The number of hydrogen-bond donors (Lipinski definition) is 2. The molecule has 1 unspecified atom stereocenters. The summed E-state index contributed by atoms with van der Waals surface area (Å²) >= 11 is 0. The summed E-state index contributed by atoms with van der Waals surface area (Å²) in [6.45, 7) is 0.716. The maximum Gasteiger partial charge on any atom is 3.00 e. The van der Waals surface area contributed by atoms with Gasteiger partial charge in [0.1, 0.15) is 0 Å². The Kier molecular flexibility index (Phi) is 9.96. The molecule has 0 bridgehead atoms. The zero-order chi connectivity index (χ0) is 7.28. The number of hydrogen-bond acceptors (Lipinski definition) is 4. The predicted octanol–water partition coefficient (Wildman–Crippen LogP) is -1.59. The Bertz CT molecular complexity index is 95.6. The summed E-state index contributed by atoms with van der Waals surface area (Å²) in [7, 11) is 0. The Morgan fingerprint density at radius 3 is 2.50 bits per heavy atom. The summed E-state index contributed by atoms with van der Waals surface area (Å²) in [4.78, 5) is 9.72. The van der Waals surface area contributed by atoms with E-state index in [0.29, 0.717) is 6.61 Å². The molecule has 0 spiro atoms. The molecule has 0 saturated heterocycles. The van der Waals surface area contributed by atoms with E-state index in [9.17, 15) is 9.90 Å². The van der Waals surface area contributed by atoms with Crippen LogP contribution in [0.1, 0.15) is 12.8 Å². The van der Waals surface area contributed by atoms with Crippen LogP contribution in [-0.4, -0.2) is 22.3 Å². The first kappa shape index (κ1) is 13.1. The molecule has 0 aliphatic rings. The molecule has 0 aromatic rings. The van der Waals surface area contributed by atoms with Gasteiger partial charge in [0.05, 0.1) is 0 Å². The molecule has 0 aromatic carbocycles. The van der Waals surface area contributed by atoms with Crippen LogP contribution in [0, 0.1) is 6.61 Å². The number of aliphatic carboxylic acids is 1. The molecule has 0 radical (unpaired) electrons. The molecule has 2 N–H and O–H groups in total. The van der Waals surface area contributed by atoms with Gasteiger partial charge in [-0.05, 0) is 0 Å². The first-order valence-corrected chi connectivity index (χ1v) is 2.50. The monoisotopic (exact) mass is 221 g/mol. The van der Waals surface area contributed by atoms with Crippen molar-refractivity contribution in [3.8, 4) is 0 Å². The van der Waals surface area contributed by atoms with E-state index in [1.807, 2.05) is 0 Å². The van der Waals surface area contributed by atoms with Gasteiger partial charge in [-0.25, -0.2) is 6.61 Å². The van der Waals surface area contributed by atoms with E-state index in [0.717, 1.165) is 0 Å². The Balaban J connectivity index is 0. The fourth-order valence-electron chi connectivity index (χ4n) is 0.397. The SMILES string of the molecule is O=C([O-])CC(O)C[CH-]O.[Y+3]. The van der Waals surface area contributed by atoms with E-state index < -0.39 is 18.5 Å². The Hall–Kier alpha value is 0.494. The summed E-state index contributed by atoms with van der Waals surface area (Å²) in [6, 6.07) is 0. The fourth-order valence-corrected chi connectivity index (χ4v) is 0.397. The molecule has 10 heavy (non-hydrogen) atoms. The Morgan fingerprint density at radius 2 is 2.20 bits per heavy atom. The molecule has 0 aliphatic carbocycles. The molecular formula is C5H8O4Y+. The largest absolute Gasteiger partial charge is 3.00 e. The average molecular weight is 221 g/mol. The van der Waals surface area contributed by atoms with Gasteiger partial charge in [-0.3, -0.25) is 0 Å². The van der Waals surface area contributed by atoms with E-state index in [1.54, 1.807) is 0 Å². The fraction of sp³-hybridized carbons (Fsp3) is 0.600. The topological polar surface area (TPSA) is 80.6 Å². The first-order chi connectivity index (χ1) is 4.16. The summed E-state index contributed by atoms with van der Waals surface area (Å²) in [5.74, 6) is -1.32. The summed E-state index contributed by atoms with van der Waals surface area (Å²) in [5.41, 5.74) is 0. The number of aliphatic hydroxyl groups excluding tert-OH is 2. The number of aliphatic hydroxyl groups is 2. The van der Waals surface area contributed by atoms with Crippen LogP contribution in [0.15, 0.2) is 0 Å². The van der Waals surface area contributed by atoms with Gasteiger partial charge in [-0.15, -0.1) is 6.42 Å². The minimum Gasteiger partial charge on any atom is -0.566 e. The molecule has 0 aromatic heterocycles.